The van der Waals surface area contributed by atoms with Crippen LogP contribution in [0.2, 0.25) is 18.1 Å². The van der Waals surface area contributed by atoms with Crippen LogP contribution in [-0.4, -0.2) is 44.2 Å². The normalized spacial score (nSPS) is 17.1. The smallest absolute Gasteiger partial charge is 0.338 e. The molecule has 0 aliphatic heterocycles. The predicted molar refractivity (Wildman–Crippen MR) is 196 cm³/mol. The van der Waals surface area contributed by atoms with Crippen molar-refractivity contribution >= 4 is 20.3 Å². The average Bonchev–Trinajstić information content (AvgIpc) is 3.44. The molecule has 0 spiro atoms. The number of rotatable bonds is 18. The molecule has 0 aromatic heterocycles. The maximum atomic E-state index is 13.4. The number of unbranched alkanes of at least 4 members (excludes halogenated alkanes) is 3. The van der Waals surface area contributed by atoms with Gasteiger partial charge in [0.25, 0.3) is 0 Å². The molecule has 0 unspecified atom stereocenters. The standard InChI is InChI=1S/C41H54O6Si/c1-41(2,3)48(4,5)47-36(30-45-35-18-12-9-13-19-35)28-26-33-27-29-38(37(33)20-14-6-7-15-21-39(42)43)46-40(44)34-24-22-32(23-25-34)31-16-10-8-11-17-31/h8-13,16-19,22-25,27,36-38H,6-7,14-15,20-21,26,28-30H2,1-5H3,(H,42,43)/t36-,37-,38+/m1/s1. The van der Waals surface area contributed by atoms with Crippen molar-refractivity contribution in [1.82, 2.24) is 0 Å². The summed E-state index contributed by atoms with van der Waals surface area (Å²) in [7, 11) is -2.05. The fourth-order valence-electron chi connectivity index (χ4n) is 6.04. The number of ether oxygens (including phenoxy) is 2. The maximum absolute atomic E-state index is 13.4. The SMILES string of the molecule is CC(C)(C)[Si](C)(C)O[C@H](CCC1=CC[C@H](OC(=O)c2ccc(-c3ccccc3)cc2)[C@@H]1CCCCCCC(=O)O)COc1ccccc1. The zero-order valence-corrected chi connectivity index (χ0v) is 30.5. The van der Waals surface area contributed by atoms with Crippen LogP contribution >= 0.6 is 0 Å². The number of carbonyl (C=O) groups excluding carboxylic acids is 1. The number of aliphatic carboxylic acids is 1. The van der Waals surface area contributed by atoms with E-state index < -0.39 is 14.3 Å². The molecule has 0 radical (unpaired) electrons. The third-order valence-electron chi connectivity index (χ3n) is 9.88. The molecule has 1 aliphatic carbocycles. The van der Waals surface area contributed by atoms with Gasteiger partial charge in [-0.25, -0.2) is 4.79 Å². The molecule has 0 heterocycles. The third-order valence-corrected chi connectivity index (χ3v) is 14.4. The second-order valence-corrected chi connectivity index (χ2v) is 19.3. The Labute approximate surface area is 288 Å². The molecule has 4 rings (SSSR count). The lowest BCUT2D eigenvalue weighted by atomic mass is 9.89. The van der Waals surface area contributed by atoms with E-state index in [4.69, 9.17) is 19.0 Å². The van der Waals surface area contributed by atoms with Gasteiger partial charge in [0.1, 0.15) is 18.5 Å². The summed E-state index contributed by atoms with van der Waals surface area (Å²) in [5.41, 5.74) is 4.04. The zero-order chi connectivity index (χ0) is 34.6. The van der Waals surface area contributed by atoms with Gasteiger partial charge in [0.2, 0.25) is 0 Å². The van der Waals surface area contributed by atoms with E-state index >= 15 is 0 Å². The third kappa shape index (κ3) is 11.2. The summed E-state index contributed by atoms with van der Waals surface area (Å²) in [6.07, 6.45) is 8.95. The highest BCUT2D eigenvalue weighted by atomic mass is 28.4. The van der Waals surface area contributed by atoms with Crippen LogP contribution in [0, 0.1) is 5.92 Å². The van der Waals surface area contributed by atoms with E-state index in [0.29, 0.717) is 25.0 Å². The lowest BCUT2D eigenvalue weighted by Gasteiger charge is -2.39. The van der Waals surface area contributed by atoms with Crippen LogP contribution in [0.4, 0.5) is 0 Å². The van der Waals surface area contributed by atoms with Gasteiger partial charge in [-0.3, -0.25) is 4.79 Å². The van der Waals surface area contributed by atoms with Crippen LogP contribution in [-0.2, 0) is 14.0 Å². The van der Waals surface area contributed by atoms with Crippen LogP contribution in [0.1, 0.15) is 88.9 Å². The first kappa shape index (κ1) is 37.1. The van der Waals surface area contributed by atoms with Gasteiger partial charge >= 0.3 is 11.9 Å². The molecule has 6 nitrogen and oxygen atoms in total. The van der Waals surface area contributed by atoms with Gasteiger partial charge in [0.05, 0.1) is 11.7 Å². The molecule has 1 aliphatic rings. The second kappa shape index (κ2) is 17.6. The Morgan fingerprint density at radius 3 is 2.12 bits per heavy atom. The van der Waals surface area contributed by atoms with Crippen molar-refractivity contribution in [1.29, 1.82) is 0 Å². The number of carbonyl (C=O) groups is 2. The summed E-state index contributed by atoms with van der Waals surface area (Å²) in [5, 5.41) is 9.09. The number of esters is 1. The lowest BCUT2D eigenvalue weighted by molar-refractivity contribution is -0.137. The quantitative estimate of drug-likeness (QED) is 0.0628. The van der Waals surface area contributed by atoms with Gasteiger partial charge in [0.15, 0.2) is 8.32 Å². The fraction of sp³-hybridized carbons (Fsp3) is 0.463. The van der Waals surface area contributed by atoms with Crippen molar-refractivity contribution in [3.8, 4) is 16.9 Å². The van der Waals surface area contributed by atoms with E-state index in [2.05, 4.69) is 52.1 Å². The second-order valence-electron chi connectivity index (χ2n) is 14.5. The molecule has 0 fully saturated rings. The molecule has 7 heteroatoms. The van der Waals surface area contributed by atoms with Crippen LogP contribution in [0.15, 0.2) is 96.6 Å². The summed E-state index contributed by atoms with van der Waals surface area (Å²) in [4.78, 5) is 24.3. The highest BCUT2D eigenvalue weighted by molar-refractivity contribution is 6.74. The van der Waals surface area contributed by atoms with E-state index in [1.165, 1.54) is 5.57 Å². The van der Waals surface area contributed by atoms with Crippen molar-refractivity contribution in [3.05, 3.63) is 102 Å². The molecule has 0 saturated carbocycles. The summed E-state index contributed by atoms with van der Waals surface area (Å²) in [6.45, 7) is 11.8. The molecule has 0 bridgehead atoms. The van der Waals surface area contributed by atoms with Gasteiger partial charge in [-0.1, -0.05) is 112 Å². The molecular formula is C41H54O6Si. The molecular weight excluding hydrogens is 617 g/mol. The minimum absolute atomic E-state index is 0.0617. The molecule has 0 saturated heterocycles. The Bertz CT molecular complexity index is 1460. The number of carboxylic acids is 1. The summed E-state index contributed by atoms with van der Waals surface area (Å²) < 4.78 is 19.3. The van der Waals surface area contributed by atoms with E-state index in [1.807, 2.05) is 72.8 Å². The van der Waals surface area contributed by atoms with Crippen molar-refractivity contribution in [2.24, 2.45) is 5.92 Å². The van der Waals surface area contributed by atoms with Crippen molar-refractivity contribution in [2.45, 2.75) is 109 Å². The highest BCUT2D eigenvalue weighted by Crippen LogP contribution is 2.40. The molecule has 0 amide bonds. The Morgan fingerprint density at radius 2 is 1.48 bits per heavy atom. The largest absolute Gasteiger partial charge is 0.491 e. The summed E-state index contributed by atoms with van der Waals surface area (Å²) in [6, 6.07) is 27.7. The number of carboxylic acid groups (broad SMARTS) is 1. The molecule has 3 atom stereocenters. The Morgan fingerprint density at radius 1 is 0.854 bits per heavy atom. The molecule has 258 valence electrons. The number of hydrogen-bond acceptors (Lipinski definition) is 5. The van der Waals surface area contributed by atoms with Gasteiger partial charge < -0.3 is 19.0 Å². The number of benzene rings is 3. The van der Waals surface area contributed by atoms with Gasteiger partial charge in [-0.2, -0.15) is 0 Å². The monoisotopic (exact) mass is 670 g/mol. The maximum Gasteiger partial charge on any atom is 0.338 e. The summed E-state index contributed by atoms with van der Waals surface area (Å²) in [5.74, 6) is -0.0758. The Hall–Kier alpha value is -3.68. The van der Waals surface area contributed by atoms with Crippen molar-refractivity contribution < 1.29 is 28.6 Å². The van der Waals surface area contributed by atoms with Crippen LogP contribution < -0.4 is 4.74 Å². The number of hydrogen-bond donors (Lipinski definition) is 1. The van der Waals surface area contributed by atoms with Crippen LogP contribution in [0.5, 0.6) is 5.75 Å². The topological polar surface area (TPSA) is 82.1 Å². The van der Waals surface area contributed by atoms with E-state index in [-0.39, 0.29) is 35.6 Å². The van der Waals surface area contributed by atoms with Gasteiger partial charge in [-0.15, -0.1) is 0 Å². The predicted octanol–water partition coefficient (Wildman–Crippen LogP) is 10.5. The van der Waals surface area contributed by atoms with Gasteiger partial charge in [-0.05, 0) is 79.2 Å². The average molecular weight is 671 g/mol. The van der Waals surface area contributed by atoms with Gasteiger partial charge in [0, 0.05) is 18.8 Å². The first-order valence-corrected chi connectivity index (χ1v) is 20.5. The molecule has 3 aromatic carbocycles. The minimum atomic E-state index is -2.05. The van der Waals surface area contributed by atoms with E-state index in [9.17, 15) is 9.59 Å². The lowest BCUT2D eigenvalue weighted by Crippen LogP contribution is -2.45. The van der Waals surface area contributed by atoms with E-state index in [0.717, 1.165) is 55.4 Å². The van der Waals surface area contributed by atoms with Crippen LogP contribution in [0.3, 0.4) is 0 Å². The van der Waals surface area contributed by atoms with E-state index in [1.54, 1.807) is 0 Å². The Kier molecular flexibility index (Phi) is 13.6. The number of para-hydroxylation sites is 1. The van der Waals surface area contributed by atoms with Crippen LogP contribution in [0.25, 0.3) is 11.1 Å². The molecule has 3 aromatic rings. The zero-order valence-electron chi connectivity index (χ0n) is 29.5. The fourth-order valence-corrected chi connectivity index (χ4v) is 7.42. The molecule has 1 N–H and O–H groups in total. The molecule has 48 heavy (non-hydrogen) atoms. The van der Waals surface area contributed by atoms with Crippen molar-refractivity contribution in [2.75, 3.05) is 6.61 Å². The summed E-state index contributed by atoms with van der Waals surface area (Å²) >= 11 is 0. The minimum Gasteiger partial charge on any atom is -0.491 e. The van der Waals surface area contributed by atoms with Crippen molar-refractivity contribution in [3.63, 3.8) is 0 Å². The Balaban J connectivity index is 1.43. The highest BCUT2D eigenvalue weighted by Gasteiger charge is 2.40. The first-order valence-electron chi connectivity index (χ1n) is 17.6. The first-order chi connectivity index (χ1) is 22.9.